The number of carbonyl (C=O) groups excluding carboxylic acids is 1. The Morgan fingerprint density at radius 3 is 2.18 bits per heavy atom. The van der Waals surface area contributed by atoms with Crippen molar-refractivity contribution in [3.63, 3.8) is 0 Å². The molecule has 0 fully saturated rings. The number of aromatic nitrogens is 2. The molecule has 0 aliphatic carbocycles. The van der Waals surface area contributed by atoms with E-state index in [4.69, 9.17) is 0 Å². The Bertz CT molecular complexity index is 635. The average Bonchev–Trinajstić information content (AvgIpc) is 2.49. The number of carbonyl (C=O) groups is 1. The van der Waals surface area contributed by atoms with Crippen molar-refractivity contribution in [1.29, 1.82) is 0 Å². The summed E-state index contributed by atoms with van der Waals surface area (Å²) in [6.07, 6.45) is 0. The molecule has 1 amide bonds. The van der Waals surface area contributed by atoms with Crippen LogP contribution in [0.3, 0.4) is 0 Å². The molecule has 2 rings (SSSR count). The van der Waals surface area contributed by atoms with Crippen LogP contribution in [0.15, 0.2) is 36.4 Å². The molecule has 0 saturated carbocycles. The quantitative estimate of drug-likeness (QED) is 0.877. The van der Waals surface area contributed by atoms with Crippen LogP contribution in [-0.4, -0.2) is 16.1 Å². The van der Waals surface area contributed by atoms with Crippen LogP contribution in [-0.2, 0) is 4.79 Å². The number of benzene rings is 1. The minimum Gasteiger partial charge on any atom is -0.338 e. The Hall–Kier alpha value is -2.43. The molecule has 1 aromatic carbocycles. The molecule has 116 valence electrons. The molecular weight excluding hydrogens is 276 g/mol. The van der Waals surface area contributed by atoms with Crippen LogP contribution in [0.5, 0.6) is 0 Å². The number of anilines is 3. The van der Waals surface area contributed by atoms with Crippen molar-refractivity contribution >= 4 is 23.2 Å². The number of amides is 1. The highest BCUT2D eigenvalue weighted by Gasteiger charge is 2.09. The molecule has 0 unspecified atom stereocenters. The fraction of sp³-hybridized carbons (Fsp3) is 0.353. The van der Waals surface area contributed by atoms with Crippen molar-refractivity contribution < 1.29 is 4.79 Å². The van der Waals surface area contributed by atoms with E-state index >= 15 is 0 Å². The average molecular weight is 298 g/mol. The zero-order valence-electron chi connectivity index (χ0n) is 13.4. The zero-order chi connectivity index (χ0) is 16.1. The molecule has 0 aliphatic heterocycles. The van der Waals surface area contributed by atoms with Crippen molar-refractivity contribution in [3.8, 4) is 0 Å². The van der Waals surface area contributed by atoms with Gasteiger partial charge >= 0.3 is 0 Å². The first kappa shape index (κ1) is 15.9. The molecule has 0 saturated heterocycles. The molecule has 0 radical (unpaired) electrons. The molecule has 0 spiro atoms. The van der Waals surface area contributed by atoms with Gasteiger partial charge < -0.3 is 10.6 Å². The number of rotatable bonds is 5. The van der Waals surface area contributed by atoms with Crippen molar-refractivity contribution in [2.24, 2.45) is 5.92 Å². The van der Waals surface area contributed by atoms with Gasteiger partial charge in [0, 0.05) is 11.6 Å². The summed E-state index contributed by atoms with van der Waals surface area (Å²) in [4.78, 5) is 11.6. The Kier molecular flexibility index (Phi) is 5.09. The van der Waals surface area contributed by atoms with Crippen molar-refractivity contribution in [2.75, 3.05) is 10.6 Å². The van der Waals surface area contributed by atoms with Crippen LogP contribution in [0.4, 0.5) is 17.3 Å². The Labute approximate surface area is 131 Å². The van der Waals surface area contributed by atoms with Gasteiger partial charge in [-0.05, 0) is 29.7 Å². The van der Waals surface area contributed by atoms with Gasteiger partial charge in [0.2, 0.25) is 5.91 Å². The van der Waals surface area contributed by atoms with Crippen LogP contribution >= 0.6 is 0 Å². The van der Waals surface area contributed by atoms with E-state index in [0.717, 1.165) is 5.69 Å². The summed E-state index contributed by atoms with van der Waals surface area (Å²) in [6, 6.07) is 11.7. The Balaban J connectivity index is 2.10. The lowest BCUT2D eigenvalue weighted by Gasteiger charge is -2.14. The number of nitrogens with zero attached hydrogens (tertiary/aromatic N) is 2. The highest BCUT2D eigenvalue weighted by atomic mass is 16.1. The number of hydrogen-bond acceptors (Lipinski definition) is 4. The first-order chi connectivity index (χ1) is 10.5. The second kappa shape index (κ2) is 7.02. The van der Waals surface area contributed by atoms with Crippen LogP contribution in [0.1, 0.15) is 39.2 Å². The molecule has 2 N–H and O–H groups in total. The normalized spacial score (nSPS) is 10.8. The molecule has 0 bridgehead atoms. The van der Waals surface area contributed by atoms with E-state index in [2.05, 4.69) is 40.7 Å². The SMILES string of the molecule is CC(C)C(=O)Nc1ccc(Nc2ccccc2C(C)C)nn1. The summed E-state index contributed by atoms with van der Waals surface area (Å²) in [7, 11) is 0. The molecule has 1 heterocycles. The molecule has 5 heteroatoms. The fourth-order valence-electron chi connectivity index (χ4n) is 1.99. The van der Waals surface area contributed by atoms with Gasteiger partial charge in [-0.1, -0.05) is 45.9 Å². The third-order valence-electron chi connectivity index (χ3n) is 3.29. The standard InChI is InChI=1S/C17H22N4O/c1-11(2)13-7-5-6-8-14(13)18-15-9-10-16(21-20-15)19-17(22)12(3)4/h5-12H,1-4H3,(H,18,20)(H,19,21,22). The monoisotopic (exact) mass is 298 g/mol. The van der Waals surface area contributed by atoms with Gasteiger partial charge in [-0.2, -0.15) is 0 Å². The summed E-state index contributed by atoms with van der Waals surface area (Å²) in [5.41, 5.74) is 2.24. The van der Waals surface area contributed by atoms with Gasteiger partial charge in [-0.3, -0.25) is 4.79 Å². The first-order valence-corrected chi connectivity index (χ1v) is 7.48. The second-order valence-electron chi connectivity index (χ2n) is 5.81. The molecule has 22 heavy (non-hydrogen) atoms. The van der Waals surface area contributed by atoms with Gasteiger partial charge in [0.05, 0.1) is 0 Å². The molecule has 5 nitrogen and oxygen atoms in total. The van der Waals surface area contributed by atoms with E-state index in [1.54, 1.807) is 12.1 Å². The number of para-hydroxylation sites is 1. The van der Waals surface area contributed by atoms with Gasteiger partial charge in [-0.15, -0.1) is 10.2 Å². The molecule has 2 aromatic rings. The lowest BCUT2D eigenvalue weighted by atomic mass is 10.0. The predicted molar refractivity (Wildman–Crippen MR) is 89.3 cm³/mol. The van der Waals surface area contributed by atoms with E-state index in [1.165, 1.54) is 5.56 Å². The minimum absolute atomic E-state index is 0.0693. The maximum absolute atomic E-state index is 11.6. The topological polar surface area (TPSA) is 66.9 Å². The lowest BCUT2D eigenvalue weighted by molar-refractivity contribution is -0.118. The molecule has 1 aromatic heterocycles. The Morgan fingerprint density at radius 2 is 1.59 bits per heavy atom. The van der Waals surface area contributed by atoms with E-state index in [9.17, 15) is 4.79 Å². The van der Waals surface area contributed by atoms with Crippen LogP contribution in [0, 0.1) is 5.92 Å². The summed E-state index contributed by atoms with van der Waals surface area (Å²) >= 11 is 0. The smallest absolute Gasteiger partial charge is 0.228 e. The predicted octanol–water partition coefficient (Wildman–Crippen LogP) is 3.94. The van der Waals surface area contributed by atoms with Gasteiger partial charge in [0.25, 0.3) is 0 Å². The largest absolute Gasteiger partial charge is 0.338 e. The van der Waals surface area contributed by atoms with E-state index in [0.29, 0.717) is 17.6 Å². The van der Waals surface area contributed by atoms with E-state index < -0.39 is 0 Å². The van der Waals surface area contributed by atoms with Crippen molar-refractivity contribution in [2.45, 2.75) is 33.6 Å². The third-order valence-corrected chi connectivity index (χ3v) is 3.29. The first-order valence-electron chi connectivity index (χ1n) is 7.48. The summed E-state index contributed by atoms with van der Waals surface area (Å²) < 4.78 is 0. The van der Waals surface area contributed by atoms with Crippen LogP contribution in [0.2, 0.25) is 0 Å². The number of hydrogen-bond donors (Lipinski definition) is 2. The third kappa shape index (κ3) is 4.04. The highest BCUT2D eigenvalue weighted by molar-refractivity contribution is 5.91. The summed E-state index contributed by atoms with van der Waals surface area (Å²) in [5, 5.41) is 14.1. The van der Waals surface area contributed by atoms with Crippen LogP contribution in [0.25, 0.3) is 0 Å². The van der Waals surface area contributed by atoms with Crippen molar-refractivity contribution in [1.82, 2.24) is 10.2 Å². The molecule has 0 atom stereocenters. The van der Waals surface area contributed by atoms with E-state index in [-0.39, 0.29) is 11.8 Å². The van der Waals surface area contributed by atoms with Gasteiger partial charge in [0.1, 0.15) is 0 Å². The number of nitrogens with one attached hydrogen (secondary N) is 2. The van der Waals surface area contributed by atoms with Crippen LogP contribution < -0.4 is 10.6 Å². The van der Waals surface area contributed by atoms with Gasteiger partial charge in [-0.25, -0.2) is 0 Å². The van der Waals surface area contributed by atoms with Gasteiger partial charge in [0.15, 0.2) is 11.6 Å². The zero-order valence-corrected chi connectivity index (χ0v) is 13.4. The fourth-order valence-corrected chi connectivity index (χ4v) is 1.99. The molecular formula is C17H22N4O. The molecule has 0 aliphatic rings. The summed E-state index contributed by atoms with van der Waals surface area (Å²) in [5.74, 6) is 1.37. The maximum Gasteiger partial charge on any atom is 0.228 e. The van der Waals surface area contributed by atoms with Crippen molar-refractivity contribution in [3.05, 3.63) is 42.0 Å². The maximum atomic E-state index is 11.6. The highest BCUT2D eigenvalue weighted by Crippen LogP contribution is 2.26. The van der Waals surface area contributed by atoms with E-state index in [1.807, 2.05) is 32.0 Å². The summed E-state index contributed by atoms with van der Waals surface area (Å²) in [6.45, 7) is 7.97. The second-order valence-corrected chi connectivity index (χ2v) is 5.81. The lowest BCUT2D eigenvalue weighted by Crippen LogP contribution is -2.18. The Morgan fingerprint density at radius 1 is 0.955 bits per heavy atom. The minimum atomic E-state index is -0.0856.